The molecule has 0 atom stereocenters. The van der Waals surface area contributed by atoms with Crippen molar-refractivity contribution in [3.05, 3.63) is 21.9 Å². The molecule has 0 spiro atoms. The fraction of sp³-hybridized carbons (Fsp3) is 0.545. The van der Waals surface area contributed by atoms with Crippen molar-refractivity contribution in [3.63, 3.8) is 0 Å². The van der Waals surface area contributed by atoms with E-state index < -0.39 is 0 Å². The van der Waals surface area contributed by atoms with Gasteiger partial charge in [-0.25, -0.2) is 4.79 Å². The first-order chi connectivity index (χ1) is 7.22. The van der Waals surface area contributed by atoms with Gasteiger partial charge in [-0.1, -0.05) is 0 Å². The maximum absolute atomic E-state index is 11.3. The average molecular weight is 226 g/mol. The van der Waals surface area contributed by atoms with Crippen LogP contribution in [0.4, 0.5) is 0 Å². The lowest BCUT2D eigenvalue weighted by Gasteiger charge is -2.10. The Balaban J connectivity index is 2.17. The summed E-state index contributed by atoms with van der Waals surface area (Å²) in [5.74, 6) is -0.250. The number of carbonyl (C=O) groups is 1. The summed E-state index contributed by atoms with van der Waals surface area (Å²) in [5, 5.41) is 0. The normalized spacial score (nSPS) is 17.5. The number of carbonyl (C=O) groups excluding carboxylic acids is 1. The van der Waals surface area contributed by atoms with Gasteiger partial charge >= 0.3 is 5.97 Å². The van der Waals surface area contributed by atoms with Crippen LogP contribution in [0.2, 0.25) is 0 Å². The maximum atomic E-state index is 11.3. The van der Waals surface area contributed by atoms with E-state index in [1.165, 1.54) is 23.3 Å². The number of ether oxygens (including phenoxy) is 2. The molecule has 1 heterocycles. The van der Waals surface area contributed by atoms with E-state index in [0.717, 1.165) is 19.4 Å². The highest BCUT2D eigenvalue weighted by Gasteiger charge is 2.45. The van der Waals surface area contributed by atoms with E-state index in [1.54, 1.807) is 7.11 Å². The molecule has 0 aromatic carbocycles. The summed E-state index contributed by atoms with van der Waals surface area (Å²) >= 11 is 1.52. The predicted octanol–water partition coefficient (Wildman–Crippen LogP) is 2.21. The number of hydrogen-bond donors (Lipinski definition) is 0. The molecule has 0 aliphatic heterocycles. The van der Waals surface area contributed by atoms with Crippen molar-refractivity contribution in [2.75, 3.05) is 20.8 Å². The van der Waals surface area contributed by atoms with E-state index in [1.807, 2.05) is 12.1 Å². The molecule has 1 fully saturated rings. The van der Waals surface area contributed by atoms with Gasteiger partial charge in [0.05, 0.1) is 13.7 Å². The van der Waals surface area contributed by atoms with Gasteiger partial charge in [0.15, 0.2) is 0 Å². The van der Waals surface area contributed by atoms with Crippen LogP contribution in [0.5, 0.6) is 0 Å². The third-order valence-corrected chi connectivity index (χ3v) is 4.10. The van der Waals surface area contributed by atoms with E-state index >= 15 is 0 Å². The highest BCUT2D eigenvalue weighted by Crippen LogP contribution is 2.50. The summed E-state index contributed by atoms with van der Waals surface area (Å²) in [7, 11) is 3.12. The van der Waals surface area contributed by atoms with Gasteiger partial charge in [-0.2, -0.15) is 0 Å². The van der Waals surface area contributed by atoms with Crippen LogP contribution in [0.1, 0.15) is 27.4 Å². The zero-order chi connectivity index (χ0) is 10.9. The average Bonchev–Trinajstić information content (AvgIpc) is 2.85. The molecule has 15 heavy (non-hydrogen) atoms. The van der Waals surface area contributed by atoms with Crippen LogP contribution in [0.3, 0.4) is 0 Å². The Labute approximate surface area is 93.0 Å². The number of rotatable bonds is 4. The molecular weight excluding hydrogens is 212 g/mol. The first-order valence-electron chi connectivity index (χ1n) is 4.89. The summed E-state index contributed by atoms with van der Waals surface area (Å²) in [6.45, 7) is 0.744. The van der Waals surface area contributed by atoms with Gasteiger partial charge in [0, 0.05) is 17.4 Å². The minimum Gasteiger partial charge on any atom is -0.465 e. The summed E-state index contributed by atoms with van der Waals surface area (Å²) in [4.78, 5) is 13.2. The Hall–Kier alpha value is -0.870. The lowest BCUT2D eigenvalue weighted by atomic mass is 10.1. The SMILES string of the molecule is COCC1(c2ccc(C(=O)OC)s2)CC1. The lowest BCUT2D eigenvalue weighted by molar-refractivity contribution is 0.0606. The van der Waals surface area contributed by atoms with Gasteiger partial charge in [0.25, 0.3) is 0 Å². The van der Waals surface area contributed by atoms with Gasteiger partial charge in [-0.05, 0) is 25.0 Å². The Bertz CT molecular complexity index is 366. The van der Waals surface area contributed by atoms with Crippen molar-refractivity contribution >= 4 is 17.3 Å². The van der Waals surface area contributed by atoms with Crippen molar-refractivity contribution in [1.82, 2.24) is 0 Å². The lowest BCUT2D eigenvalue weighted by Crippen LogP contribution is -2.11. The van der Waals surface area contributed by atoms with Gasteiger partial charge in [0.1, 0.15) is 4.88 Å². The van der Waals surface area contributed by atoms with Gasteiger partial charge in [0.2, 0.25) is 0 Å². The van der Waals surface area contributed by atoms with Gasteiger partial charge in [-0.3, -0.25) is 0 Å². The predicted molar refractivity (Wildman–Crippen MR) is 58.4 cm³/mol. The van der Waals surface area contributed by atoms with Gasteiger partial charge in [-0.15, -0.1) is 11.3 Å². The number of thiophene rings is 1. The van der Waals surface area contributed by atoms with Crippen LogP contribution in [0, 0.1) is 0 Å². The molecule has 3 nitrogen and oxygen atoms in total. The van der Waals surface area contributed by atoms with E-state index in [0.29, 0.717) is 4.88 Å². The first kappa shape index (κ1) is 10.6. The van der Waals surface area contributed by atoms with Crippen LogP contribution in [0.15, 0.2) is 12.1 Å². The van der Waals surface area contributed by atoms with Crippen molar-refractivity contribution in [1.29, 1.82) is 0 Å². The Morgan fingerprint density at radius 3 is 2.73 bits per heavy atom. The molecule has 1 aromatic rings. The van der Waals surface area contributed by atoms with E-state index in [2.05, 4.69) is 4.74 Å². The van der Waals surface area contributed by atoms with E-state index in [-0.39, 0.29) is 11.4 Å². The molecule has 0 bridgehead atoms. The first-order valence-corrected chi connectivity index (χ1v) is 5.71. The standard InChI is InChI=1S/C11H14O3S/c1-13-7-11(5-6-11)9-4-3-8(15-9)10(12)14-2/h3-4H,5-7H2,1-2H3. The van der Waals surface area contributed by atoms with Crippen LogP contribution in [-0.2, 0) is 14.9 Å². The zero-order valence-corrected chi connectivity index (χ0v) is 9.73. The highest BCUT2D eigenvalue weighted by atomic mass is 32.1. The fourth-order valence-corrected chi connectivity index (χ4v) is 2.88. The summed E-state index contributed by atoms with van der Waals surface area (Å²) in [5.41, 5.74) is 0.186. The molecule has 1 aromatic heterocycles. The topological polar surface area (TPSA) is 35.5 Å². The molecule has 82 valence electrons. The molecule has 1 aliphatic rings. The Kier molecular flexibility index (Phi) is 2.80. The molecule has 0 saturated heterocycles. The Morgan fingerprint density at radius 2 is 2.20 bits per heavy atom. The van der Waals surface area contributed by atoms with Crippen LogP contribution < -0.4 is 0 Å². The number of esters is 1. The second kappa shape index (κ2) is 3.94. The molecule has 1 saturated carbocycles. The third-order valence-electron chi connectivity index (χ3n) is 2.79. The van der Waals surface area contributed by atoms with Crippen molar-refractivity contribution in [3.8, 4) is 0 Å². The minimum absolute atomic E-state index is 0.186. The monoisotopic (exact) mass is 226 g/mol. The maximum Gasteiger partial charge on any atom is 0.348 e. The van der Waals surface area contributed by atoms with E-state index in [9.17, 15) is 4.79 Å². The molecule has 0 N–H and O–H groups in total. The second-order valence-electron chi connectivity index (χ2n) is 3.87. The van der Waals surface area contributed by atoms with Crippen molar-refractivity contribution < 1.29 is 14.3 Å². The second-order valence-corrected chi connectivity index (χ2v) is 4.95. The summed E-state index contributed by atoms with van der Waals surface area (Å²) < 4.78 is 9.89. The zero-order valence-electron chi connectivity index (χ0n) is 8.91. The molecule has 1 aliphatic carbocycles. The van der Waals surface area contributed by atoms with Crippen LogP contribution in [0.25, 0.3) is 0 Å². The minimum atomic E-state index is -0.250. The molecule has 0 radical (unpaired) electrons. The van der Waals surface area contributed by atoms with Gasteiger partial charge < -0.3 is 9.47 Å². The molecule has 4 heteroatoms. The Morgan fingerprint density at radius 1 is 1.47 bits per heavy atom. The molecule has 0 unspecified atom stereocenters. The molecular formula is C11H14O3S. The largest absolute Gasteiger partial charge is 0.465 e. The summed E-state index contributed by atoms with van der Waals surface area (Å²) in [6.07, 6.45) is 2.31. The van der Waals surface area contributed by atoms with Crippen LogP contribution >= 0.6 is 11.3 Å². The van der Waals surface area contributed by atoms with Crippen molar-refractivity contribution in [2.45, 2.75) is 18.3 Å². The molecule has 2 rings (SSSR count). The quantitative estimate of drug-likeness (QED) is 0.738. The third kappa shape index (κ3) is 1.92. The number of methoxy groups -OCH3 is 2. The van der Waals surface area contributed by atoms with E-state index in [4.69, 9.17) is 4.74 Å². The summed E-state index contributed by atoms with van der Waals surface area (Å²) in [6, 6.07) is 3.85. The van der Waals surface area contributed by atoms with Crippen molar-refractivity contribution in [2.24, 2.45) is 0 Å². The fourth-order valence-electron chi connectivity index (χ4n) is 1.72. The smallest absolute Gasteiger partial charge is 0.348 e. The molecule has 0 amide bonds. The highest BCUT2D eigenvalue weighted by molar-refractivity contribution is 7.14. The van der Waals surface area contributed by atoms with Crippen LogP contribution in [-0.4, -0.2) is 26.8 Å². The number of hydrogen-bond acceptors (Lipinski definition) is 4.